The minimum atomic E-state index is -1.03. The Bertz CT molecular complexity index is 1090. The van der Waals surface area contributed by atoms with Crippen LogP contribution in [0.2, 0.25) is 0 Å². The Kier molecular flexibility index (Phi) is 3.39. The third-order valence-electron chi connectivity index (χ3n) is 3.69. The van der Waals surface area contributed by atoms with E-state index in [0.717, 1.165) is 26.8 Å². The van der Waals surface area contributed by atoms with E-state index >= 15 is 0 Å². The topological polar surface area (TPSA) is 54.6 Å². The van der Waals surface area contributed by atoms with Crippen molar-refractivity contribution in [2.75, 3.05) is 0 Å². The van der Waals surface area contributed by atoms with E-state index in [0.29, 0.717) is 11.4 Å². The standard InChI is InChI=1S/C18H11FN2O2S/c19-12-7-5-11(6-8-12)17-14(9-10-16(22)23)21-13-3-1-2-4-15(13)24-18(21)20-17/h1-10H,(H,22,23)/b10-9+. The van der Waals surface area contributed by atoms with Crippen LogP contribution in [0.15, 0.2) is 54.6 Å². The summed E-state index contributed by atoms with van der Waals surface area (Å²) in [5, 5.41) is 8.98. The lowest BCUT2D eigenvalue weighted by Gasteiger charge is -2.01. The molecule has 0 fully saturated rings. The van der Waals surface area contributed by atoms with E-state index in [2.05, 4.69) is 4.98 Å². The first kappa shape index (κ1) is 14.6. The van der Waals surface area contributed by atoms with Crippen LogP contribution in [0.1, 0.15) is 5.69 Å². The molecule has 6 heteroatoms. The Morgan fingerprint density at radius 1 is 1.17 bits per heavy atom. The Balaban J connectivity index is 2.03. The summed E-state index contributed by atoms with van der Waals surface area (Å²) in [5.41, 5.74) is 2.99. The van der Waals surface area contributed by atoms with Crippen molar-refractivity contribution in [3.8, 4) is 11.3 Å². The molecule has 0 saturated carbocycles. The van der Waals surface area contributed by atoms with Crippen molar-refractivity contribution in [3.63, 3.8) is 0 Å². The third-order valence-corrected chi connectivity index (χ3v) is 4.71. The summed E-state index contributed by atoms with van der Waals surface area (Å²) in [6.45, 7) is 0. The van der Waals surface area contributed by atoms with Gasteiger partial charge in [-0.3, -0.25) is 4.40 Å². The quantitative estimate of drug-likeness (QED) is 0.561. The minimum Gasteiger partial charge on any atom is -0.478 e. The number of halogens is 1. The first-order valence-corrected chi connectivity index (χ1v) is 8.02. The lowest BCUT2D eigenvalue weighted by molar-refractivity contribution is -0.131. The second kappa shape index (κ2) is 5.58. The van der Waals surface area contributed by atoms with E-state index in [-0.39, 0.29) is 5.82 Å². The van der Waals surface area contributed by atoms with E-state index in [1.807, 2.05) is 28.7 Å². The molecule has 4 nitrogen and oxygen atoms in total. The first-order valence-electron chi connectivity index (χ1n) is 7.20. The van der Waals surface area contributed by atoms with E-state index in [4.69, 9.17) is 5.11 Å². The summed E-state index contributed by atoms with van der Waals surface area (Å²) in [5.74, 6) is -1.36. The summed E-state index contributed by atoms with van der Waals surface area (Å²) in [4.78, 5) is 16.4. The van der Waals surface area contributed by atoms with E-state index in [1.54, 1.807) is 12.1 Å². The molecule has 0 spiro atoms. The summed E-state index contributed by atoms with van der Waals surface area (Å²) in [6, 6.07) is 13.9. The predicted molar refractivity (Wildman–Crippen MR) is 92.6 cm³/mol. The van der Waals surface area contributed by atoms with Gasteiger partial charge in [-0.25, -0.2) is 14.2 Å². The number of para-hydroxylation sites is 1. The van der Waals surface area contributed by atoms with Gasteiger partial charge >= 0.3 is 5.97 Å². The minimum absolute atomic E-state index is 0.326. The highest BCUT2D eigenvalue weighted by Crippen LogP contribution is 2.33. The fourth-order valence-corrected chi connectivity index (χ4v) is 3.70. The van der Waals surface area contributed by atoms with Gasteiger partial charge in [-0.15, -0.1) is 0 Å². The molecule has 24 heavy (non-hydrogen) atoms. The SMILES string of the molecule is O=C(O)/C=C/c1c(-c2ccc(F)cc2)nc2sc3ccccc3n12. The normalized spacial score (nSPS) is 11.7. The molecule has 0 aliphatic rings. The van der Waals surface area contributed by atoms with Crippen LogP contribution in [-0.2, 0) is 4.79 Å². The van der Waals surface area contributed by atoms with Crippen LogP contribution in [0.5, 0.6) is 0 Å². The summed E-state index contributed by atoms with van der Waals surface area (Å²) in [6.07, 6.45) is 2.61. The van der Waals surface area contributed by atoms with Gasteiger partial charge < -0.3 is 5.11 Å². The zero-order valence-corrected chi connectivity index (χ0v) is 13.1. The van der Waals surface area contributed by atoms with E-state index in [9.17, 15) is 9.18 Å². The monoisotopic (exact) mass is 338 g/mol. The zero-order valence-electron chi connectivity index (χ0n) is 12.3. The Morgan fingerprint density at radius 3 is 2.67 bits per heavy atom. The fourth-order valence-electron chi connectivity index (χ4n) is 2.66. The van der Waals surface area contributed by atoms with Gasteiger partial charge in [-0.2, -0.15) is 0 Å². The number of hydrogen-bond donors (Lipinski definition) is 1. The van der Waals surface area contributed by atoms with Crippen LogP contribution in [0, 0.1) is 5.82 Å². The average Bonchev–Trinajstić information content (AvgIpc) is 3.09. The Labute approximate surface area is 140 Å². The van der Waals surface area contributed by atoms with E-state index in [1.165, 1.54) is 29.5 Å². The number of rotatable bonds is 3. The molecule has 2 aromatic carbocycles. The van der Waals surface area contributed by atoms with Crippen molar-refractivity contribution in [2.45, 2.75) is 0 Å². The molecule has 2 heterocycles. The smallest absolute Gasteiger partial charge is 0.328 e. The molecule has 0 amide bonds. The number of carbonyl (C=O) groups is 1. The maximum atomic E-state index is 13.2. The van der Waals surface area contributed by atoms with Crippen LogP contribution in [0.25, 0.3) is 32.5 Å². The summed E-state index contributed by atoms with van der Waals surface area (Å²) in [7, 11) is 0. The van der Waals surface area contributed by atoms with Gasteiger partial charge in [0, 0.05) is 11.6 Å². The zero-order chi connectivity index (χ0) is 16.7. The van der Waals surface area contributed by atoms with Crippen molar-refractivity contribution in [1.29, 1.82) is 0 Å². The molecule has 2 aromatic heterocycles. The Hall–Kier alpha value is -2.99. The highest BCUT2D eigenvalue weighted by molar-refractivity contribution is 7.23. The molecule has 4 aromatic rings. The van der Waals surface area contributed by atoms with E-state index < -0.39 is 5.97 Å². The van der Waals surface area contributed by atoms with Crippen molar-refractivity contribution in [1.82, 2.24) is 9.38 Å². The number of carboxylic acid groups (broad SMARTS) is 1. The van der Waals surface area contributed by atoms with Crippen LogP contribution in [0.3, 0.4) is 0 Å². The summed E-state index contributed by atoms with van der Waals surface area (Å²) < 4.78 is 16.2. The van der Waals surface area contributed by atoms with Crippen molar-refractivity contribution in [3.05, 3.63) is 66.1 Å². The average molecular weight is 338 g/mol. The largest absolute Gasteiger partial charge is 0.478 e. The Morgan fingerprint density at radius 2 is 1.92 bits per heavy atom. The number of aliphatic carboxylic acids is 1. The van der Waals surface area contributed by atoms with Gasteiger partial charge in [0.2, 0.25) is 0 Å². The maximum absolute atomic E-state index is 13.2. The van der Waals surface area contributed by atoms with Crippen LogP contribution in [-0.4, -0.2) is 20.5 Å². The van der Waals surface area contributed by atoms with Crippen LogP contribution >= 0.6 is 11.3 Å². The van der Waals surface area contributed by atoms with Gasteiger partial charge in [-0.05, 0) is 42.5 Å². The molecular weight excluding hydrogens is 327 g/mol. The number of nitrogens with zero attached hydrogens (tertiary/aromatic N) is 2. The van der Waals surface area contributed by atoms with Gasteiger partial charge in [0.15, 0.2) is 4.96 Å². The van der Waals surface area contributed by atoms with Crippen LogP contribution in [0.4, 0.5) is 4.39 Å². The van der Waals surface area contributed by atoms with Gasteiger partial charge in [0.1, 0.15) is 5.82 Å². The number of fused-ring (bicyclic) bond motifs is 3. The number of carboxylic acids is 1. The van der Waals surface area contributed by atoms with Gasteiger partial charge in [0.25, 0.3) is 0 Å². The second-order valence-corrected chi connectivity index (χ2v) is 6.22. The first-order chi connectivity index (χ1) is 11.6. The molecule has 0 atom stereocenters. The number of hydrogen-bond acceptors (Lipinski definition) is 3. The molecule has 118 valence electrons. The molecule has 0 aliphatic heterocycles. The third kappa shape index (κ3) is 2.37. The summed E-state index contributed by atoms with van der Waals surface area (Å²) >= 11 is 1.53. The maximum Gasteiger partial charge on any atom is 0.328 e. The number of thiazole rings is 1. The number of imidazole rings is 1. The second-order valence-electron chi connectivity index (χ2n) is 5.21. The molecule has 1 N–H and O–H groups in total. The van der Waals surface area contributed by atoms with Crippen molar-refractivity contribution in [2.24, 2.45) is 0 Å². The molecule has 0 unspecified atom stereocenters. The molecule has 0 saturated heterocycles. The molecule has 4 rings (SSSR count). The number of aromatic nitrogens is 2. The molecular formula is C18H11FN2O2S. The fraction of sp³-hybridized carbons (Fsp3) is 0. The number of benzene rings is 2. The lowest BCUT2D eigenvalue weighted by atomic mass is 10.1. The van der Waals surface area contributed by atoms with Crippen LogP contribution < -0.4 is 0 Å². The highest BCUT2D eigenvalue weighted by Gasteiger charge is 2.16. The lowest BCUT2D eigenvalue weighted by Crippen LogP contribution is -1.91. The van der Waals surface area contributed by atoms with Gasteiger partial charge in [0.05, 0.1) is 21.6 Å². The van der Waals surface area contributed by atoms with Crippen molar-refractivity contribution < 1.29 is 14.3 Å². The molecule has 0 aliphatic carbocycles. The predicted octanol–water partition coefficient (Wildman–Crippen LogP) is 4.45. The molecule has 0 bridgehead atoms. The highest BCUT2D eigenvalue weighted by atomic mass is 32.1. The van der Waals surface area contributed by atoms with Crippen molar-refractivity contribution >= 4 is 38.6 Å². The molecule has 0 radical (unpaired) electrons. The van der Waals surface area contributed by atoms with Gasteiger partial charge in [-0.1, -0.05) is 23.5 Å².